The summed E-state index contributed by atoms with van der Waals surface area (Å²) in [7, 11) is -2.38. The van der Waals surface area contributed by atoms with Gasteiger partial charge in [0.2, 0.25) is 15.9 Å². The lowest BCUT2D eigenvalue weighted by atomic mass is 9.93. The number of ether oxygens (including phenoxy) is 1. The van der Waals surface area contributed by atoms with Gasteiger partial charge in [-0.1, -0.05) is 29.7 Å². The van der Waals surface area contributed by atoms with Gasteiger partial charge in [0.15, 0.2) is 11.5 Å². The second-order valence-corrected chi connectivity index (χ2v) is 17.0. The van der Waals surface area contributed by atoms with Crippen LogP contribution in [0.2, 0.25) is 5.02 Å². The van der Waals surface area contributed by atoms with Crippen LogP contribution in [0.4, 0.5) is 36.6 Å². The first-order chi connectivity index (χ1) is 28.6. The molecule has 12 nitrogen and oxygen atoms in total. The Morgan fingerprint density at radius 2 is 1.79 bits per heavy atom. The van der Waals surface area contributed by atoms with Gasteiger partial charge in [-0.15, -0.1) is 6.58 Å². The van der Waals surface area contributed by atoms with Crippen LogP contribution in [0.25, 0.3) is 22.0 Å². The number of rotatable bonds is 10. The summed E-state index contributed by atoms with van der Waals surface area (Å²) < 4.78 is 136. The van der Waals surface area contributed by atoms with Gasteiger partial charge in [-0.05, 0) is 48.2 Å². The first-order valence-corrected chi connectivity index (χ1v) is 20.7. The third-order valence-electron chi connectivity index (χ3n) is 10.2. The standard InChI is InChI=1S/C40H35ClF7N7O5S/c1-4-22-19-39(44,45)36-31(22)35(40(46,47)48)51-55(36)20-30(56)50-29(17-21-15-23(42)18-24(43)16-21)33-26(6-5-25(49-33)9-10-38(57)11-13-60-14-12-38)27-7-8-28(41)32-34(27)54(2)52-37(32)53-61(3,58)59/h4-8,15-16,18,22,29,57H,1,11-14,17,19-20H2,2-3H3,(H,50,56)(H,52,53)/t22-,29-/m0/s1. The van der Waals surface area contributed by atoms with Gasteiger partial charge in [0.25, 0.3) is 5.92 Å². The number of hydrogen-bond acceptors (Lipinski definition) is 8. The van der Waals surface area contributed by atoms with Crippen LogP contribution in [0.15, 0.2) is 55.1 Å². The van der Waals surface area contributed by atoms with E-state index in [9.17, 15) is 40.3 Å². The molecular formula is C40H35ClF7N7O5S. The van der Waals surface area contributed by atoms with Crippen LogP contribution >= 0.6 is 11.6 Å². The van der Waals surface area contributed by atoms with Gasteiger partial charge in [0, 0.05) is 55.0 Å². The summed E-state index contributed by atoms with van der Waals surface area (Å²) in [4.78, 5) is 18.8. The zero-order valence-electron chi connectivity index (χ0n) is 32.2. The van der Waals surface area contributed by atoms with Gasteiger partial charge in [-0.25, -0.2) is 22.2 Å². The minimum absolute atomic E-state index is 0.0234. The number of benzene rings is 2. The number of aryl methyl sites for hydroxylation is 1. The first-order valence-electron chi connectivity index (χ1n) is 18.5. The molecule has 4 heterocycles. The number of carbonyl (C=O) groups is 1. The average molecular weight is 894 g/mol. The lowest BCUT2D eigenvalue weighted by Gasteiger charge is -2.26. The molecule has 2 aliphatic rings. The van der Waals surface area contributed by atoms with Crippen molar-refractivity contribution >= 4 is 44.3 Å². The van der Waals surface area contributed by atoms with E-state index in [2.05, 4.69) is 38.7 Å². The molecule has 2 atom stereocenters. The molecule has 1 saturated heterocycles. The first kappa shape index (κ1) is 43.6. The van der Waals surface area contributed by atoms with Gasteiger partial charge in [0.05, 0.1) is 47.1 Å². The molecule has 0 saturated carbocycles. The van der Waals surface area contributed by atoms with Crippen molar-refractivity contribution in [3.8, 4) is 23.0 Å². The maximum Gasteiger partial charge on any atom is 0.435 e. The Morgan fingerprint density at radius 1 is 1.11 bits per heavy atom. The number of aliphatic hydroxyl groups is 1. The number of amides is 1. The van der Waals surface area contributed by atoms with Gasteiger partial charge >= 0.3 is 6.18 Å². The molecule has 0 spiro atoms. The maximum atomic E-state index is 15.4. The third kappa shape index (κ3) is 9.10. The van der Waals surface area contributed by atoms with Crippen molar-refractivity contribution in [2.24, 2.45) is 7.05 Å². The highest BCUT2D eigenvalue weighted by Crippen LogP contribution is 2.52. The molecule has 0 radical (unpaired) electrons. The molecule has 1 aliphatic heterocycles. The number of aromatic nitrogens is 5. The highest BCUT2D eigenvalue weighted by Gasteiger charge is 2.53. The summed E-state index contributed by atoms with van der Waals surface area (Å²) in [5.74, 6) is -2.85. The number of anilines is 1. The van der Waals surface area contributed by atoms with E-state index in [1.807, 2.05) is 0 Å². The molecule has 7 rings (SSSR count). The number of fused-ring (bicyclic) bond motifs is 2. The van der Waals surface area contributed by atoms with Gasteiger partial charge in [0.1, 0.15) is 35.2 Å². The summed E-state index contributed by atoms with van der Waals surface area (Å²) in [6, 6.07) is 7.11. The fraction of sp³-hybridized carbons (Fsp3) is 0.350. The number of nitrogens with zero attached hydrogens (tertiary/aromatic N) is 5. The van der Waals surface area contributed by atoms with Crippen LogP contribution in [-0.2, 0) is 51.7 Å². The Bertz CT molecular complexity index is 2740. The number of allylic oxidation sites excluding steroid dienone is 1. The SMILES string of the molecule is C=C[C@H]1CC(F)(F)c2c1c(C(F)(F)F)nn2CC(=O)N[C@@H](Cc1cc(F)cc(F)c1)c1nc(C#CC2(O)CCOCC2)ccc1-c1ccc(Cl)c2c(NS(C)(=O)=O)nn(C)c12. The summed E-state index contributed by atoms with van der Waals surface area (Å²) in [6.07, 6.45) is -4.40. The second-order valence-electron chi connectivity index (χ2n) is 14.8. The van der Waals surface area contributed by atoms with Crippen molar-refractivity contribution in [2.45, 2.75) is 61.9 Å². The molecule has 1 amide bonds. The van der Waals surface area contributed by atoms with E-state index < -0.39 is 93.6 Å². The molecule has 5 aromatic rings. The van der Waals surface area contributed by atoms with Gasteiger partial charge < -0.3 is 15.2 Å². The van der Waals surface area contributed by atoms with Crippen molar-refractivity contribution in [1.29, 1.82) is 0 Å². The summed E-state index contributed by atoms with van der Waals surface area (Å²) in [5, 5.41) is 21.7. The molecule has 3 aromatic heterocycles. The number of sulfonamides is 1. The van der Waals surface area contributed by atoms with Crippen LogP contribution in [0.1, 0.15) is 65.1 Å². The molecule has 322 valence electrons. The topological polar surface area (TPSA) is 153 Å². The minimum Gasteiger partial charge on any atom is -0.381 e. The van der Waals surface area contributed by atoms with Crippen LogP contribution in [0.5, 0.6) is 0 Å². The van der Waals surface area contributed by atoms with Crippen molar-refractivity contribution in [2.75, 3.05) is 24.2 Å². The lowest BCUT2D eigenvalue weighted by molar-refractivity contribution is -0.142. The monoisotopic (exact) mass is 893 g/mol. The summed E-state index contributed by atoms with van der Waals surface area (Å²) >= 11 is 6.59. The van der Waals surface area contributed by atoms with E-state index in [1.165, 1.54) is 36.0 Å². The van der Waals surface area contributed by atoms with Crippen molar-refractivity contribution in [1.82, 2.24) is 29.9 Å². The fourth-order valence-corrected chi connectivity index (χ4v) is 8.40. The molecule has 21 heteroatoms. The molecule has 0 bridgehead atoms. The molecule has 3 N–H and O–H groups in total. The van der Waals surface area contributed by atoms with Crippen LogP contribution in [-0.4, -0.2) is 69.0 Å². The quantitative estimate of drug-likeness (QED) is 0.0778. The number of nitrogens with one attached hydrogen (secondary N) is 2. The smallest absolute Gasteiger partial charge is 0.381 e. The van der Waals surface area contributed by atoms with E-state index in [1.54, 1.807) is 0 Å². The highest BCUT2D eigenvalue weighted by atomic mass is 35.5. The Balaban J connectivity index is 1.40. The predicted octanol–water partition coefficient (Wildman–Crippen LogP) is 6.91. The minimum atomic E-state index is -5.16. The Labute approximate surface area is 348 Å². The summed E-state index contributed by atoms with van der Waals surface area (Å²) in [5.41, 5.74) is -4.25. The van der Waals surface area contributed by atoms with E-state index >= 15 is 8.78 Å². The Kier molecular flexibility index (Phi) is 11.5. The van der Waals surface area contributed by atoms with Gasteiger partial charge in [-0.3, -0.25) is 18.9 Å². The van der Waals surface area contributed by atoms with E-state index in [0.717, 1.165) is 24.5 Å². The lowest BCUT2D eigenvalue weighted by Crippen LogP contribution is -2.35. The molecule has 0 unspecified atom stereocenters. The van der Waals surface area contributed by atoms with Crippen LogP contribution in [0.3, 0.4) is 0 Å². The predicted molar refractivity (Wildman–Crippen MR) is 209 cm³/mol. The highest BCUT2D eigenvalue weighted by molar-refractivity contribution is 7.92. The Hall–Kier alpha value is -5.49. The van der Waals surface area contributed by atoms with E-state index in [-0.39, 0.29) is 75.0 Å². The third-order valence-corrected chi connectivity index (χ3v) is 11.1. The van der Waals surface area contributed by atoms with Crippen LogP contribution < -0.4 is 10.0 Å². The van der Waals surface area contributed by atoms with Crippen LogP contribution in [0, 0.1) is 23.5 Å². The fourth-order valence-electron chi connectivity index (χ4n) is 7.66. The molecule has 61 heavy (non-hydrogen) atoms. The largest absolute Gasteiger partial charge is 0.435 e. The van der Waals surface area contributed by atoms with Crippen molar-refractivity contribution in [3.05, 3.63) is 106 Å². The van der Waals surface area contributed by atoms with Crippen molar-refractivity contribution < 1.29 is 53.8 Å². The number of carbonyl (C=O) groups excluding carboxylic acids is 1. The normalized spacial score (nSPS) is 17.7. The number of alkyl halides is 5. The molecule has 2 aromatic carbocycles. The molecule has 1 fully saturated rings. The number of hydrogen-bond donors (Lipinski definition) is 3. The van der Waals surface area contributed by atoms with Crippen molar-refractivity contribution in [3.63, 3.8) is 0 Å². The zero-order chi connectivity index (χ0) is 44.2. The maximum absolute atomic E-state index is 15.4. The Morgan fingerprint density at radius 3 is 2.43 bits per heavy atom. The van der Waals surface area contributed by atoms with E-state index in [4.69, 9.17) is 21.3 Å². The van der Waals surface area contributed by atoms with E-state index in [0.29, 0.717) is 11.6 Å². The van der Waals surface area contributed by atoms with Gasteiger partial charge in [-0.2, -0.15) is 32.1 Å². The summed E-state index contributed by atoms with van der Waals surface area (Å²) in [6.45, 7) is 2.73. The number of halogens is 8. The number of pyridine rings is 1. The molecular weight excluding hydrogens is 859 g/mol. The zero-order valence-corrected chi connectivity index (χ0v) is 33.8. The molecule has 1 aliphatic carbocycles. The second kappa shape index (κ2) is 16.1. The average Bonchev–Trinajstić information content (AvgIpc) is 3.79.